The van der Waals surface area contributed by atoms with Crippen LogP contribution in [0.15, 0.2) is 53.4 Å². The zero-order valence-corrected chi connectivity index (χ0v) is 20.8. The minimum Gasteiger partial charge on any atom is -0.378 e. The summed E-state index contributed by atoms with van der Waals surface area (Å²) in [5.41, 5.74) is 2.64. The third-order valence-corrected chi connectivity index (χ3v) is 8.05. The number of benzene rings is 2. The van der Waals surface area contributed by atoms with Gasteiger partial charge in [-0.15, -0.1) is 0 Å². The van der Waals surface area contributed by atoms with Crippen LogP contribution in [0.4, 0.5) is 5.69 Å². The summed E-state index contributed by atoms with van der Waals surface area (Å²) in [7, 11) is -1.89. The molecule has 0 N–H and O–H groups in total. The number of morpholine rings is 2. The number of hydrogen-bond donors (Lipinski definition) is 0. The summed E-state index contributed by atoms with van der Waals surface area (Å²) in [5, 5.41) is 0. The topological polar surface area (TPSA) is 79.4 Å². The largest absolute Gasteiger partial charge is 0.378 e. The Morgan fingerprint density at radius 1 is 0.971 bits per heavy atom. The highest BCUT2D eigenvalue weighted by molar-refractivity contribution is 7.89. The number of anilines is 1. The van der Waals surface area contributed by atoms with E-state index in [4.69, 9.17) is 9.47 Å². The maximum atomic E-state index is 13.0. The first-order valence-electron chi connectivity index (χ1n) is 11.7. The number of ether oxygens (including phenoxy) is 2. The van der Waals surface area contributed by atoms with E-state index in [-0.39, 0.29) is 23.0 Å². The van der Waals surface area contributed by atoms with Gasteiger partial charge in [0.2, 0.25) is 10.0 Å². The fourth-order valence-electron chi connectivity index (χ4n) is 4.45. The second-order valence-electron chi connectivity index (χ2n) is 9.03. The summed E-state index contributed by atoms with van der Waals surface area (Å²) in [4.78, 5) is 17.1. The number of rotatable bonds is 6. The van der Waals surface area contributed by atoms with Crippen molar-refractivity contribution < 1.29 is 22.7 Å². The molecule has 0 aliphatic carbocycles. The molecule has 184 valence electrons. The van der Waals surface area contributed by atoms with Crippen molar-refractivity contribution in [2.45, 2.75) is 37.5 Å². The molecule has 2 atom stereocenters. The van der Waals surface area contributed by atoms with Gasteiger partial charge < -0.3 is 19.3 Å². The summed E-state index contributed by atoms with van der Waals surface area (Å²) < 4.78 is 38.6. The number of sulfonamides is 1. The molecular formula is C25H33N3O5S. The van der Waals surface area contributed by atoms with Crippen molar-refractivity contribution in [3.05, 3.63) is 59.7 Å². The van der Waals surface area contributed by atoms with Gasteiger partial charge in [0.15, 0.2) is 0 Å². The Bertz CT molecular complexity index is 1070. The normalized spacial score (nSPS) is 21.9. The summed E-state index contributed by atoms with van der Waals surface area (Å²) in [6, 6.07) is 14.4. The average molecular weight is 488 g/mol. The molecule has 2 aliphatic rings. The van der Waals surface area contributed by atoms with Crippen LogP contribution in [0, 0.1) is 0 Å². The Labute approximate surface area is 202 Å². The summed E-state index contributed by atoms with van der Waals surface area (Å²) >= 11 is 0. The van der Waals surface area contributed by atoms with Gasteiger partial charge in [-0.1, -0.05) is 12.1 Å². The molecule has 4 rings (SSSR count). The molecule has 8 nitrogen and oxygen atoms in total. The van der Waals surface area contributed by atoms with E-state index in [2.05, 4.69) is 17.0 Å². The lowest BCUT2D eigenvalue weighted by atomic mass is 10.1. The van der Waals surface area contributed by atoms with Gasteiger partial charge in [-0.2, -0.15) is 4.31 Å². The van der Waals surface area contributed by atoms with Gasteiger partial charge in [0.05, 0.1) is 30.3 Å². The molecule has 1 amide bonds. The standard InChI is InChI=1S/C25H33N3O5S/c1-19-16-28(17-20(2)33-19)34(30,31)24-10-6-22(7-11-24)25(29)26(3)18-21-4-8-23(9-5-21)27-12-14-32-15-13-27/h4-11,19-20H,12-18H2,1-3H3/t19-,20-/m0/s1. The molecule has 0 radical (unpaired) electrons. The predicted octanol–water partition coefficient (Wildman–Crippen LogP) is 2.59. The van der Waals surface area contributed by atoms with E-state index >= 15 is 0 Å². The number of nitrogens with zero attached hydrogens (tertiary/aromatic N) is 3. The van der Waals surface area contributed by atoms with Crippen LogP contribution in [0.3, 0.4) is 0 Å². The lowest BCUT2D eigenvalue weighted by Gasteiger charge is -2.34. The van der Waals surface area contributed by atoms with Gasteiger partial charge in [0.1, 0.15) is 0 Å². The molecule has 2 aromatic carbocycles. The first-order chi connectivity index (χ1) is 16.2. The Balaban J connectivity index is 1.39. The average Bonchev–Trinajstić information content (AvgIpc) is 2.84. The van der Waals surface area contributed by atoms with Crippen molar-refractivity contribution >= 4 is 21.6 Å². The molecular weight excluding hydrogens is 454 g/mol. The second kappa shape index (κ2) is 10.4. The highest BCUT2D eigenvalue weighted by Crippen LogP contribution is 2.22. The maximum absolute atomic E-state index is 13.0. The van der Waals surface area contributed by atoms with E-state index < -0.39 is 10.0 Å². The summed E-state index contributed by atoms with van der Waals surface area (Å²) in [6.07, 6.45) is -0.313. The van der Waals surface area contributed by atoms with Gasteiger partial charge in [0.25, 0.3) is 5.91 Å². The minimum absolute atomic E-state index is 0.157. The van der Waals surface area contributed by atoms with Crippen molar-refractivity contribution in [3.63, 3.8) is 0 Å². The van der Waals surface area contributed by atoms with Gasteiger partial charge >= 0.3 is 0 Å². The number of carbonyl (C=O) groups is 1. The van der Waals surface area contributed by atoms with E-state index in [1.807, 2.05) is 26.0 Å². The van der Waals surface area contributed by atoms with E-state index in [0.29, 0.717) is 25.2 Å². The van der Waals surface area contributed by atoms with E-state index in [1.54, 1.807) is 24.1 Å². The third kappa shape index (κ3) is 5.60. The fourth-order valence-corrected chi connectivity index (χ4v) is 6.04. The van der Waals surface area contributed by atoms with Crippen LogP contribution in [-0.2, 0) is 26.0 Å². The Kier molecular flexibility index (Phi) is 7.57. The van der Waals surface area contributed by atoms with E-state index in [9.17, 15) is 13.2 Å². The molecule has 9 heteroatoms. The Hall–Kier alpha value is -2.46. The maximum Gasteiger partial charge on any atom is 0.253 e. The first-order valence-corrected chi connectivity index (χ1v) is 13.1. The molecule has 0 saturated carbocycles. The smallest absolute Gasteiger partial charge is 0.253 e. The van der Waals surface area contributed by atoms with Crippen molar-refractivity contribution in [1.82, 2.24) is 9.21 Å². The number of hydrogen-bond acceptors (Lipinski definition) is 6. The molecule has 0 unspecified atom stereocenters. The fraction of sp³-hybridized carbons (Fsp3) is 0.480. The molecule has 34 heavy (non-hydrogen) atoms. The van der Waals surface area contributed by atoms with E-state index in [1.165, 1.54) is 16.4 Å². The van der Waals surface area contributed by atoms with Crippen LogP contribution >= 0.6 is 0 Å². The molecule has 0 bridgehead atoms. The zero-order chi connectivity index (χ0) is 24.3. The molecule has 2 aliphatic heterocycles. The van der Waals surface area contributed by atoms with Crippen LogP contribution in [-0.4, -0.2) is 82.2 Å². The lowest BCUT2D eigenvalue weighted by Crippen LogP contribution is -2.48. The van der Waals surface area contributed by atoms with Crippen LogP contribution in [0.2, 0.25) is 0 Å². The van der Waals surface area contributed by atoms with Crippen LogP contribution < -0.4 is 4.90 Å². The van der Waals surface area contributed by atoms with Crippen molar-refractivity contribution in [3.8, 4) is 0 Å². The molecule has 2 aromatic rings. The first kappa shape index (κ1) is 24.7. The molecule has 2 heterocycles. The Morgan fingerprint density at radius 2 is 1.56 bits per heavy atom. The van der Waals surface area contributed by atoms with Gasteiger partial charge in [-0.3, -0.25) is 4.79 Å². The van der Waals surface area contributed by atoms with Crippen LogP contribution in [0.1, 0.15) is 29.8 Å². The third-order valence-electron chi connectivity index (χ3n) is 6.20. The summed E-state index contributed by atoms with van der Waals surface area (Å²) in [5.74, 6) is -0.158. The number of carbonyl (C=O) groups excluding carboxylic acids is 1. The van der Waals surface area contributed by atoms with Gasteiger partial charge in [0, 0.05) is 51.0 Å². The quantitative estimate of drug-likeness (QED) is 0.623. The van der Waals surface area contributed by atoms with Crippen molar-refractivity contribution in [2.24, 2.45) is 0 Å². The lowest BCUT2D eigenvalue weighted by molar-refractivity contribution is -0.0440. The monoisotopic (exact) mass is 487 g/mol. The highest BCUT2D eigenvalue weighted by Gasteiger charge is 2.32. The Morgan fingerprint density at radius 3 is 2.15 bits per heavy atom. The SMILES string of the molecule is C[C@H]1CN(S(=O)(=O)c2ccc(C(=O)N(C)Cc3ccc(N4CCOCC4)cc3)cc2)C[C@H](C)O1. The second-order valence-corrected chi connectivity index (χ2v) is 11.0. The molecule has 0 aromatic heterocycles. The zero-order valence-electron chi connectivity index (χ0n) is 20.0. The van der Waals surface area contributed by atoms with Gasteiger partial charge in [-0.25, -0.2) is 8.42 Å². The van der Waals surface area contributed by atoms with Crippen LogP contribution in [0.5, 0.6) is 0 Å². The van der Waals surface area contributed by atoms with Gasteiger partial charge in [-0.05, 0) is 55.8 Å². The summed E-state index contributed by atoms with van der Waals surface area (Å²) in [6.45, 7) is 8.08. The van der Waals surface area contributed by atoms with Crippen molar-refractivity contribution in [2.75, 3.05) is 51.3 Å². The molecule has 2 saturated heterocycles. The van der Waals surface area contributed by atoms with E-state index in [0.717, 1.165) is 37.6 Å². The van der Waals surface area contributed by atoms with Crippen molar-refractivity contribution in [1.29, 1.82) is 0 Å². The minimum atomic E-state index is -3.64. The number of amides is 1. The molecule has 2 fully saturated rings. The predicted molar refractivity (Wildman–Crippen MR) is 130 cm³/mol. The highest BCUT2D eigenvalue weighted by atomic mass is 32.2. The van der Waals surface area contributed by atoms with Crippen LogP contribution in [0.25, 0.3) is 0 Å². The molecule has 0 spiro atoms.